The van der Waals surface area contributed by atoms with E-state index in [4.69, 9.17) is 4.74 Å². The summed E-state index contributed by atoms with van der Waals surface area (Å²) in [6.45, 7) is -0.185. The molecule has 0 aliphatic heterocycles. The molecule has 0 saturated carbocycles. The molecule has 6 rings (SSSR count). The summed E-state index contributed by atoms with van der Waals surface area (Å²) < 4.78 is 6.98. The van der Waals surface area contributed by atoms with E-state index in [1.165, 1.54) is 0 Å². The number of carbonyl (C=O) groups is 1. The van der Waals surface area contributed by atoms with E-state index in [1.54, 1.807) is 0 Å². The largest absolute Gasteiger partial charge is 1.00 e. The molecule has 222 valence electrons. The van der Waals surface area contributed by atoms with Crippen LogP contribution in [-0.4, -0.2) is 18.6 Å². The van der Waals surface area contributed by atoms with Gasteiger partial charge < -0.3 is 14.6 Å². The zero-order valence-corrected chi connectivity index (χ0v) is 27.8. The van der Waals surface area contributed by atoms with E-state index in [2.05, 4.69) is 5.32 Å². The Morgan fingerprint density at radius 3 is 1.02 bits per heavy atom. The van der Waals surface area contributed by atoms with Crippen LogP contribution < -0.4 is 40.0 Å². The third-order valence-electron chi connectivity index (χ3n) is 8.30. The van der Waals surface area contributed by atoms with Crippen LogP contribution >= 0.6 is 0 Å². The van der Waals surface area contributed by atoms with Gasteiger partial charge in [0, 0.05) is 0 Å². The van der Waals surface area contributed by atoms with Gasteiger partial charge in [0.25, 0.3) is 0 Å². The molecule has 0 unspecified atom stereocenters. The third-order valence-corrected chi connectivity index (χ3v) is 8.30. The zero-order chi connectivity index (χ0) is 31.0. The van der Waals surface area contributed by atoms with Crippen LogP contribution in [0.4, 0.5) is 0 Å². The van der Waals surface area contributed by atoms with Crippen molar-refractivity contribution in [3.63, 3.8) is 0 Å². The molecule has 1 atom stereocenters. The molecule has 5 heteroatoms. The number of carboxylic acids is 1. The number of ether oxygens (including phenoxy) is 1. The van der Waals surface area contributed by atoms with Gasteiger partial charge in [-0.3, -0.25) is 5.32 Å². The smallest absolute Gasteiger partial charge is 0.548 e. The van der Waals surface area contributed by atoms with Gasteiger partial charge in [-0.05, 0) is 33.4 Å². The van der Waals surface area contributed by atoms with Crippen molar-refractivity contribution in [2.24, 2.45) is 0 Å². The van der Waals surface area contributed by atoms with Crippen LogP contribution in [-0.2, 0) is 20.7 Å². The van der Waals surface area contributed by atoms with E-state index < -0.39 is 23.2 Å². The van der Waals surface area contributed by atoms with Crippen LogP contribution in [0.5, 0.6) is 0 Å². The summed E-state index contributed by atoms with van der Waals surface area (Å²) in [6.07, 6.45) is 0. The second-order valence-corrected chi connectivity index (χ2v) is 11.0. The molecule has 0 aliphatic rings. The summed E-state index contributed by atoms with van der Waals surface area (Å²) in [7, 11) is 0. The summed E-state index contributed by atoms with van der Waals surface area (Å²) in [5.74, 6) is -1.26. The monoisotopic (exact) mass is 611 g/mol. The first kappa shape index (κ1) is 33.1. The molecule has 0 amide bonds. The van der Waals surface area contributed by atoms with Crippen molar-refractivity contribution < 1.29 is 44.2 Å². The van der Waals surface area contributed by atoms with Crippen molar-refractivity contribution >= 4 is 5.97 Å². The average Bonchev–Trinajstić information content (AvgIpc) is 3.12. The van der Waals surface area contributed by atoms with E-state index >= 15 is 0 Å². The summed E-state index contributed by atoms with van der Waals surface area (Å²) in [5, 5.41) is 16.7. The molecule has 0 spiro atoms. The Kier molecular flexibility index (Phi) is 11.0. The quantitative estimate of drug-likeness (QED) is 0.170. The minimum Gasteiger partial charge on any atom is -0.548 e. The fourth-order valence-corrected chi connectivity index (χ4v) is 6.22. The standard InChI is InChI=1S/C41H35NO3.Na/c43-39(44)38(42-40(32-19-7-1-8-20-32,33-21-9-2-10-22-33)34-23-11-3-12-24-34)31-45-41(35-25-13-4-14-26-35,36-27-15-5-16-28-36)37-29-17-6-18-30-37;/h1-30,38,42H,31H2,(H,43,44);/q;+1/p-1/t38-;/m0./s1. The van der Waals surface area contributed by atoms with Crippen LogP contribution in [0, 0.1) is 0 Å². The zero-order valence-electron chi connectivity index (χ0n) is 25.8. The predicted octanol–water partition coefficient (Wildman–Crippen LogP) is 3.70. The molecule has 0 radical (unpaired) electrons. The normalized spacial score (nSPS) is 12.1. The number of aliphatic carboxylic acids is 1. The molecular formula is C41H34NNaO3. The van der Waals surface area contributed by atoms with Crippen LogP contribution in [0.2, 0.25) is 0 Å². The van der Waals surface area contributed by atoms with Gasteiger partial charge in [-0.25, -0.2) is 0 Å². The van der Waals surface area contributed by atoms with E-state index in [9.17, 15) is 9.90 Å². The summed E-state index contributed by atoms with van der Waals surface area (Å²) in [4.78, 5) is 13.1. The van der Waals surface area contributed by atoms with Gasteiger partial charge in [0.2, 0.25) is 0 Å². The number of benzene rings is 6. The Morgan fingerprint density at radius 1 is 0.500 bits per heavy atom. The predicted molar refractivity (Wildman–Crippen MR) is 176 cm³/mol. The van der Waals surface area contributed by atoms with Crippen LogP contribution in [0.25, 0.3) is 0 Å². The van der Waals surface area contributed by atoms with Crippen LogP contribution in [0.15, 0.2) is 182 Å². The van der Waals surface area contributed by atoms with Crippen LogP contribution in [0.1, 0.15) is 33.4 Å². The van der Waals surface area contributed by atoms with Gasteiger partial charge in [0.1, 0.15) is 5.60 Å². The second-order valence-electron chi connectivity index (χ2n) is 11.0. The molecule has 46 heavy (non-hydrogen) atoms. The SMILES string of the molecule is O=C([O-])[C@H](COC(c1ccccc1)(c1ccccc1)c1ccccc1)NC(c1ccccc1)(c1ccccc1)c1ccccc1.[Na+]. The molecule has 6 aromatic rings. The van der Waals surface area contributed by atoms with E-state index in [0.717, 1.165) is 33.4 Å². The fourth-order valence-electron chi connectivity index (χ4n) is 6.22. The van der Waals surface area contributed by atoms with Crippen LogP contribution in [0.3, 0.4) is 0 Å². The van der Waals surface area contributed by atoms with Gasteiger partial charge in [-0.1, -0.05) is 182 Å². The Labute approximate surface area is 293 Å². The van der Waals surface area contributed by atoms with E-state index in [0.29, 0.717) is 0 Å². The van der Waals surface area contributed by atoms with Crippen molar-refractivity contribution in [3.05, 3.63) is 215 Å². The van der Waals surface area contributed by atoms with Crippen molar-refractivity contribution in [1.29, 1.82) is 0 Å². The Hall–Kier alpha value is -4.29. The summed E-state index contributed by atoms with van der Waals surface area (Å²) in [5.41, 5.74) is 3.25. The molecule has 0 aromatic heterocycles. The Morgan fingerprint density at radius 2 is 0.761 bits per heavy atom. The molecule has 0 bridgehead atoms. The fraction of sp³-hybridized carbons (Fsp3) is 0.0976. The maximum atomic E-state index is 13.1. The number of rotatable bonds is 12. The number of nitrogens with one attached hydrogen (secondary N) is 1. The maximum Gasteiger partial charge on any atom is 1.00 e. The molecule has 0 heterocycles. The third kappa shape index (κ3) is 6.63. The molecule has 0 saturated heterocycles. The van der Waals surface area contributed by atoms with Crippen molar-refractivity contribution in [1.82, 2.24) is 5.32 Å². The van der Waals surface area contributed by atoms with Crippen molar-refractivity contribution in [3.8, 4) is 0 Å². The average molecular weight is 612 g/mol. The topological polar surface area (TPSA) is 61.4 Å². The van der Waals surface area contributed by atoms with Gasteiger partial charge in [0.15, 0.2) is 0 Å². The molecule has 0 fully saturated rings. The molecule has 6 aromatic carbocycles. The van der Waals surface area contributed by atoms with Gasteiger partial charge >= 0.3 is 29.6 Å². The second kappa shape index (κ2) is 15.3. The van der Waals surface area contributed by atoms with E-state index in [1.807, 2.05) is 182 Å². The van der Waals surface area contributed by atoms with Gasteiger partial charge in [0.05, 0.1) is 24.2 Å². The first-order valence-corrected chi connectivity index (χ1v) is 15.1. The van der Waals surface area contributed by atoms with Gasteiger partial charge in [-0.15, -0.1) is 0 Å². The molecule has 1 N–H and O–H groups in total. The minimum atomic E-state index is -1.26. The number of hydrogen-bond donors (Lipinski definition) is 1. The first-order chi connectivity index (χ1) is 22.1. The Bertz CT molecular complexity index is 1590. The van der Waals surface area contributed by atoms with Crippen molar-refractivity contribution in [2.45, 2.75) is 17.2 Å². The number of carboxylic acid groups (broad SMARTS) is 1. The first-order valence-electron chi connectivity index (χ1n) is 15.1. The maximum absolute atomic E-state index is 13.1. The molecular weight excluding hydrogens is 577 g/mol. The number of hydrogen-bond acceptors (Lipinski definition) is 4. The van der Waals surface area contributed by atoms with E-state index in [-0.39, 0.29) is 36.2 Å². The van der Waals surface area contributed by atoms with Gasteiger partial charge in [-0.2, -0.15) is 0 Å². The molecule has 0 aliphatic carbocycles. The number of carbonyl (C=O) groups excluding carboxylic acids is 1. The summed E-state index contributed by atoms with van der Waals surface area (Å²) in [6, 6.07) is 58.4. The van der Waals surface area contributed by atoms with Crippen molar-refractivity contribution in [2.75, 3.05) is 6.61 Å². The minimum absolute atomic E-state index is 0. The summed E-state index contributed by atoms with van der Waals surface area (Å²) >= 11 is 0. The molecule has 4 nitrogen and oxygen atoms in total. The Balaban J connectivity index is 0.00000417.